The van der Waals surface area contributed by atoms with Crippen LogP contribution in [0.15, 0.2) is 36.4 Å². The predicted octanol–water partition coefficient (Wildman–Crippen LogP) is 3.55. The van der Waals surface area contributed by atoms with E-state index >= 15 is 0 Å². The summed E-state index contributed by atoms with van der Waals surface area (Å²) in [6.45, 7) is 1.46. The highest BCUT2D eigenvalue weighted by Gasteiger charge is 2.22. The van der Waals surface area contributed by atoms with Crippen LogP contribution in [0, 0.1) is 0 Å². The van der Waals surface area contributed by atoms with Crippen molar-refractivity contribution in [3.63, 3.8) is 0 Å². The third-order valence-corrected chi connectivity index (χ3v) is 4.01. The molecular weight excluding hydrogens is 374 g/mol. The molecule has 0 unspecified atom stereocenters. The topological polar surface area (TPSA) is 83.1 Å². The molecule has 0 aliphatic rings. The lowest BCUT2D eigenvalue weighted by Gasteiger charge is -2.16. The first kappa shape index (κ1) is 20.4. The Labute approximate surface area is 162 Å². The molecule has 0 fully saturated rings. The van der Waals surface area contributed by atoms with Crippen LogP contribution in [0.2, 0.25) is 5.02 Å². The minimum atomic E-state index is -1.05. The Morgan fingerprint density at radius 1 is 1.00 bits per heavy atom. The van der Waals surface area contributed by atoms with Crippen LogP contribution in [0.1, 0.15) is 17.3 Å². The molecule has 0 radical (unpaired) electrons. The van der Waals surface area contributed by atoms with Crippen LogP contribution in [-0.4, -0.2) is 39.3 Å². The van der Waals surface area contributed by atoms with Crippen molar-refractivity contribution in [3.8, 4) is 17.2 Å². The molecule has 0 aromatic heterocycles. The fourth-order valence-corrected chi connectivity index (χ4v) is 2.46. The van der Waals surface area contributed by atoms with Gasteiger partial charge in [-0.15, -0.1) is 0 Å². The SMILES string of the molecule is COc1cc(C(=O)O[C@H](C)C(=O)Nc2ccccc2Cl)cc(OC)c1OC. The van der Waals surface area contributed by atoms with Gasteiger partial charge in [0.2, 0.25) is 5.75 Å². The van der Waals surface area contributed by atoms with Gasteiger partial charge >= 0.3 is 5.97 Å². The second-order valence-electron chi connectivity index (χ2n) is 5.43. The number of halogens is 1. The first-order chi connectivity index (χ1) is 12.9. The molecule has 2 aromatic carbocycles. The van der Waals surface area contributed by atoms with E-state index in [4.69, 9.17) is 30.5 Å². The maximum atomic E-state index is 12.4. The van der Waals surface area contributed by atoms with Crippen LogP contribution in [0.3, 0.4) is 0 Å². The molecule has 0 spiro atoms. The zero-order chi connectivity index (χ0) is 20.0. The Morgan fingerprint density at radius 3 is 2.11 bits per heavy atom. The summed E-state index contributed by atoms with van der Waals surface area (Å²) in [5.74, 6) is -0.269. The second-order valence-corrected chi connectivity index (χ2v) is 5.84. The summed E-state index contributed by atoms with van der Waals surface area (Å²) in [6, 6.07) is 9.66. The van der Waals surface area contributed by atoms with Crippen molar-refractivity contribution in [3.05, 3.63) is 47.0 Å². The molecule has 1 amide bonds. The zero-order valence-corrected chi connectivity index (χ0v) is 16.1. The molecule has 0 saturated carbocycles. The molecule has 1 atom stereocenters. The summed E-state index contributed by atoms with van der Waals surface area (Å²) in [7, 11) is 4.33. The first-order valence-electron chi connectivity index (χ1n) is 7.97. The van der Waals surface area contributed by atoms with Gasteiger partial charge in [0.05, 0.1) is 37.6 Å². The Balaban J connectivity index is 2.14. The Kier molecular flexibility index (Phi) is 6.90. The number of para-hydroxylation sites is 1. The van der Waals surface area contributed by atoms with Gasteiger partial charge in [0.1, 0.15) is 0 Å². The molecule has 0 aliphatic carbocycles. The van der Waals surface area contributed by atoms with Crippen molar-refractivity contribution >= 4 is 29.2 Å². The van der Waals surface area contributed by atoms with Gasteiger partial charge in [-0.05, 0) is 31.2 Å². The van der Waals surface area contributed by atoms with E-state index in [1.54, 1.807) is 24.3 Å². The molecule has 8 heteroatoms. The minimum absolute atomic E-state index is 0.155. The molecule has 0 bridgehead atoms. The summed E-state index contributed by atoms with van der Waals surface area (Å²) in [5.41, 5.74) is 0.585. The monoisotopic (exact) mass is 393 g/mol. The third kappa shape index (κ3) is 4.83. The number of carbonyl (C=O) groups is 2. The Hall–Kier alpha value is -2.93. The van der Waals surface area contributed by atoms with E-state index < -0.39 is 18.0 Å². The quantitative estimate of drug-likeness (QED) is 0.724. The van der Waals surface area contributed by atoms with Crippen molar-refractivity contribution in [1.82, 2.24) is 0 Å². The van der Waals surface area contributed by atoms with Crippen molar-refractivity contribution in [2.45, 2.75) is 13.0 Å². The van der Waals surface area contributed by atoms with Gasteiger partial charge in [-0.3, -0.25) is 4.79 Å². The van der Waals surface area contributed by atoms with Gasteiger partial charge in [-0.1, -0.05) is 23.7 Å². The smallest absolute Gasteiger partial charge is 0.339 e. The number of carbonyl (C=O) groups excluding carboxylic acids is 2. The largest absolute Gasteiger partial charge is 0.493 e. The summed E-state index contributed by atoms with van der Waals surface area (Å²) in [6.07, 6.45) is -1.05. The highest BCUT2D eigenvalue weighted by Crippen LogP contribution is 2.38. The third-order valence-electron chi connectivity index (χ3n) is 3.69. The van der Waals surface area contributed by atoms with Gasteiger partial charge in [-0.25, -0.2) is 4.79 Å². The van der Waals surface area contributed by atoms with Gasteiger partial charge < -0.3 is 24.3 Å². The molecule has 7 nitrogen and oxygen atoms in total. The van der Waals surface area contributed by atoms with Crippen LogP contribution in [0.25, 0.3) is 0 Å². The number of anilines is 1. The maximum Gasteiger partial charge on any atom is 0.339 e. The summed E-state index contributed by atoms with van der Waals surface area (Å²) in [4.78, 5) is 24.7. The van der Waals surface area contributed by atoms with Crippen LogP contribution in [0.4, 0.5) is 5.69 Å². The lowest BCUT2D eigenvalue weighted by atomic mass is 10.2. The lowest BCUT2D eigenvalue weighted by molar-refractivity contribution is -0.123. The lowest BCUT2D eigenvalue weighted by Crippen LogP contribution is -2.30. The normalized spacial score (nSPS) is 11.3. The standard InChI is InChI=1S/C19H20ClNO6/c1-11(18(22)21-14-8-6-5-7-13(14)20)27-19(23)12-9-15(24-2)17(26-4)16(10-12)25-3/h5-11H,1-4H3,(H,21,22)/t11-/m1/s1. The Bertz CT molecular complexity index is 814. The van der Waals surface area contributed by atoms with Crippen LogP contribution in [0.5, 0.6) is 17.2 Å². The number of rotatable bonds is 7. The molecule has 0 heterocycles. The average molecular weight is 394 g/mol. The first-order valence-corrected chi connectivity index (χ1v) is 8.35. The zero-order valence-electron chi connectivity index (χ0n) is 15.4. The minimum Gasteiger partial charge on any atom is -0.493 e. The van der Waals surface area contributed by atoms with Gasteiger partial charge in [0, 0.05) is 0 Å². The highest BCUT2D eigenvalue weighted by atomic mass is 35.5. The number of ether oxygens (including phenoxy) is 4. The van der Waals surface area contributed by atoms with Crippen molar-refractivity contribution in [2.75, 3.05) is 26.6 Å². The molecular formula is C19H20ClNO6. The Morgan fingerprint density at radius 2 is 1.59 bits per heavy atom. The summed E-state index contributed by atoms with van der Waals surface area (Å²) >= 11 is 6.01. The fraction of sp³-hybridized carbons (Fsp3) is 0.263. The number of esters is 1. The predicted molar refractivity (Wildman–Crippen MR) is 101 cm³/mol. The summed E-state index contributed by atoms with van der Waals surface area (Å²) < 4.78 is 20.9. The van der Waals surface area contributed by atoms with Gasteiger partial charge in [-0.2, -0.15) is 0 Å². The van der Waals surface area contributed by atoms with E-state index in [0.717, 1.165) is 0 Å². The van der Waals surface area contributed by atoms with Crippen molar-refractivity contribution in [1.29, 1.82) is 0 Å². The molecule has 144 valence electrons. The molecule has 2 rings (SSSR count). The van der Waals surface area contributed by atoms with Crippen molar-refractivity contribution < 1.29 is 28.5 Å². The number of methoxy groups -OCH3 is 3. The molecule has 0 aliphatic heterocycles. The molecule has 0 saturated heterocycles. The number of amides is 1. The molecule has 27 heavy (non-hydrogen) atoms. The molecule has 2 aromatic rings. The van der Waals surface area contributed by atoms with Crippen molar-refractivity contribution in [2.24, 2.45) is 0 Å². The highest BCUT2D eigenvalue weighted by molar-refractivity contribution is 6.33. The second kappa shape index (κ2) is 9.14. The number of hydrogen-bond donors (Lipinski definition) is 1. The van der Waals surface area contributed by atoms with Crippen LogP contribution in [-0.2, 0) is 9.53 Å². The number of nitrogens with one attached hydrogen (secondary N) is 1. The van der Waals surface area contributed by atoms with E-state index in [-0.39, 0.29) is 5.56 Å². The average Bonchev–Trinajstić information content (AvgIpc) is 2.68. The number of hydrogen-bond acceptors (Lipinski definition) is 6. The van der Waals surface area contributed by atoms with Crippen LogP contribution >= 0.6 is 11.6 Å². The fourth-order valence-electron chi connectivity index (χ4n) is 2.28. The van der Waals surface area contributed by atoms with E-state index in [2.05, 4.69) is 5.32 Å². The van der Waals surface area contributed by atoms with E-state index in [9.17, 15) is 9.59 Å². The van der Waals surface area contributed by atoms with E-state index in [1.807, 2.05) is 0 Å². The van der Waals surface area contributed by atoms with E-state index in [0.29, 0.717) is 28.0 Å². The van der Waals surface area contributed by atoms with E-state index in [1.165, 1.54) is 40.4 Å². The number of benzene rings is 2. The van der Waals surface area contributed by atoms with Gasteiger partial charge in [0.25, 0.3) is 5.91 Å². The van der Waals surface area contributed by atoms with Gasteiger partial charge in [0.15, 0.2) is 17.6 Å². The summed E-state index contributed by atoms with van der Waals surface area (Å²) in [5, 5.41) is 3.00. The maximum absolute atomic E-state index is 12.4. The van der Waals surface area contributed by atoms with Crippen LogP contribution < -0.4 is 19.5 Å². The molecule has 1 N–H and O–H groups in total.